The van der Waals surface area contributed by atoms with Gasteiger partial charge in [-0.1, -0.05) is 33.0 Å². The predicted octanol–water partition coefficient (Wildman–Crippen LogP) is 3.84. The SMILES string of the molecule is C.CCC(=O)OC.CCC(=O)OC(C)(C)C.CSC(C)=O. The van der Waals surface area contributed by atoms with E-state index in [-0.39, 0.29) is 30.1 Å². The van der Waals surface area contributed by atoms with Crippen molar-refractivity contribution in [3.63, 3.8) is 0 Å². The molecule has 0 N–H and O–H groups in total. The second-order valence-corrected chi connectivity index (χ2v) is 5.55. The number of esters is 2. The molecule has 0 unspecified atom stereocenters. The Hall–Kier alpha value is -1.04. The van der Waals surface area contributed by atoms with Crippen LogP contribution in [-0.4, -0.2) is 36.0 Å². The molecule has 0 saturated heterocycles. The topological polar surface area (TPSA) is 69.7 Å². The van der Waals surface area contributed by atoms with Crippen molar-refractivity contribution in [3.05, 3.63) is 0 Å². The third-order valence-corrected chi connectivity index (χ3v) is 2.09. The Labute approximate surface area is 134 Å². The Balaban J connectivity index is -0.000000106. The molecule has 6 heteroatoms. The van der Waals surface area contributed by atoms with Crippen LogP contribution in [0.3, 0.4) is 0 Å². The molecule has 0 aromatic rings. The molecule has 0 aliphatic rings. The van der Waals surface area contributed by atoms with Gasteiger partial charge >= 0.3 is 11.9 Å². The molecule has 0 fully saturated rings. The first-order chi connectivity index (χ1) is 9.03. The van der Waals surface area contributed by atoms with Crippen LogP contribution in [0.1, 0.15) is 61.8 Å². The van der Waals surface area contributed by atoms with Gasteiger partial charge in [-0.3, -0.25) is 14.4 Å². The van der Waals surface area contributed by atoms with Crippen LogP contribution in [0.25, 0.3) is 0 Å². The van der Waals surface area contributed by atoms with Crippen LogP contribution in [0, 0.1) is 0 Å². The smallest absolute Gasteiger partial charge is 0.306 e. The van der Waals surface area contributed by atoms with E-state index in [4.69, 9.17) is 4.74 Å². The summed E-state index contributed by atoms with van der Waals surface area (Å²) >= 11 is 1.24. The minimum absolute atomic E-state index is 0. The number of rotatable bonds is 2. The van der Waals surface area contributed by atoms with Crippen molar-refractivity contribution >= 4 is 28.8 Å². The van der Waals surface area contributed by atoms with Crippen molar-refractivity contribution in [1.29, 1.82) is 0 Å². The van der Waals surface area contributed by atoms with E-state index >= 15 is 0 Å². The standard InChI is InChI=1S/C7H14O2.C4H8O2.C3H6OS.CH4/c1-5-6(8)9-7(2,3)4;1-3-4(5)6-2;1-3(4)5-2;/h5H2,1-4H3;3H2,1-2H3;1-2H3;1H4. The number of methoxy groups -OCH3 is 1. The first kappa shape index (κ1) is 28.2. The molecule has 0 amide bonds. The average Bonchev–Trinajstić information content (AvgIpc) is 2.37. The van der Waals surface area contributed by atoms with Crippen molar-refractivity contribution in [2.45, 2.75) is 67.4 Å². The molecule has 0 atom stereocenters. The molecule has 0 radical (unpaired) electrons. The number of hydrogen-bond donors (Lipinski definition) is 0. The number of hydrogen-bond acceptors (Lipinski definition) is 6. The highest BCUT2D eigenvalue weighted by molar-refractivity contribution is 8.12. The maximum atomic E-state index is 10.6. The summed E-state index contributed by atoms with van der Waals surface area (Å²) in [5.41, 5.74) is -0.326. The molecular weight excluding hydrogens is 292 g/mol. The van der Waals surface area contributed by atoms with Gasteiger partial charge in [0.2, 0.25) is 0 Å². The lowest BCUT2D eigenvalue weighted by Crippen LogP contribution is -2.23. The fourth-order valence-electron chi connectivity index (χ4n) is 0.558. The monoisotopic (exact) mass is 324 g/mol. The fourth-order valence-corrected chi connectivity index (χ4v) is 0.558. The van der Waals surface area contributed by atoms with E-state index in [0.29, 0.717) is 12.8 Å². The van der Waals surface area contributed by atoms with Crippen molar-refractivity contribution in [2.75, 3.05) is 13.4 Å². The summed E-state index contributed by atoms with van der Waals surface area (Å²) in [5.74, 6) is -0.294. The van der Waals surface area contributed by atoms with Crippen LogP contribution in [-0.2, 0) is 23.9 Å². The lowest BCUT2D eigenvalue weighted by atomic mass is 10.2. The Morgan fingerprint density at radius 2 is 1.33 bits per heavy atom. The van der Waals surface area contributed by atoms with Crippen LogP contribution >= 0.6 is 11.8 Å². The van der Waals surface area contributed by atoms with E-state index in [1.807, 2.05) is 20.8 Å². The lowest BCUT2D eigenvalue weighted by Gasteiger charge is -2.18. The van der Waals surface area contributed by atoms with Gasteiger partial charge in [-0.05, 0) is 27.0 Å². The number of carbonyl (C=O) groups is 3. The van der Waals surface area contributed by atoms with Gasteiger partial charge in [-0.25, -0.2) is 0 Å². The maximum Gasteiger partial charge on any atom is 0.306 e. The van der Waals surface area contributed by atoms with Gasteiger partial charge < -0.3 is 9.47 Å². The van der Waals surface area contributed by atoms with Gasteiger partial charge in [0.25, 0.3) is 0 Å². The molecular formula is C15H32O5S. The average molecular weight is 324 g/mol. The van der Waals surface area contributed by atoms with Crippen molar-refractivity contribution in [3.8, 4) is 0 Å². The minimum Gasteiger partial charge on any atom is -0.469 e. The summed E-state index contributed by atoms with van der Waals surface area (Å²) in [6.45, 7) is 10.7. The highest BCUT2D eigenvalue weighted by Crippen LogP contribution is 2.07. The Morgan fingerprint density at radius 1 is 1.00 bits per heavy atom. The molecule has 0 spiro atoms. The summed E-state index contributed by atoms with van der Waals surface area (Å²) < 4.78 is 9.21. The molecule has 0 aromatic heterocycles. The van der Waals surface area contributed by atoms with Crippen LogP contribution in [0.4, 0.5) is 0 Å². The molecule has 21 heavy (non-hydrogen) atoms. The summed E-state index contributed by atoms with van der Waals surface area (Å²) in [6, 6.07) is 0. The molecule has 0 aromatic carbocycles. The van der Waals surface area contributed by atoms with Crippen molar-refractivity contribution in [2.24, 2.45) is 0 Å². The molecule has 0 saturated carbocycles. The molecule has 0 heterocycles. The zero-order valence-electron chi connectivity index (χ0n) is 13.9. The summed E-state index contributed by atoms with van der Waals surface area (Å²) in [7, 11) is 1.38. The van der Waals surface area contributed by atoms with Crippen LogP contribution < -0.4 is 0 Å². The van der Waals surface area contributed by atoms with Gasteiger partial charge in [0.1, 0.15) is 5.60 Å². The molecule has 0 bridgehead atoms. The zero-order valence-corrected chi connectivity index (χ0v) is 14.7. The molecule has 0 aliphatic carbocycles. The minimum atomic E-state index is -0.326. The van der Waals surface area contributed by atoms with E-state index in [1.165, 1.54) is 18.9 Å². The normalized spacial score (nSPS) is 8.76. The number of thioether (sulfide) groups is 1. The highest BCUT2D eigenvalue weighted by atomic mass is 32.2. The van der Waals surface area contributed by atoms with E-state index < -0.39 is 0 Å². The third kappa shape index (κ3) is 38.1. The van der Waals surface area contributed by atoms with E-state index in [2.05, 4.69) is 4.74 Å². The molecule has 5 nitrogen and oxygen atoms in total. The summed E-state index contributed by atoms with van der Waals surface area (Å²) in [5, 5.41) is 0.171. The molecule has 0 rings (SSSR count). The van der Waals surface area contributed by atoms with Gasteiger partial charge in [-0.2, -0.15) is 0 Å². The Kier molecular flexibility index (Phi) is 22.8. The zero-order chi connectivity index (χ0) is 16.8. The van der Waals surface area contributed by atoms with Gasteiger partial charge in [0.05, 0.1) is 7.11 Å². The second kappa shape index (κ2) is 17.0. The van der Waals surface area contributed by atoms with Gasteiger partial charge in [-0.15, -0.1) is 0 Å². The fraction of sp³-hybridized carbons (Fsp3) is 0.800. The predicted molar refractivity (Wildman–Crippen MR) is 89.4 cm³/mol. The highest BCUT2D eigenvalue weighted by Gasteiger charge is 2.13. The van der Waals surface area contributed by atoms with Crippen LogP contribution in [0.5, 0.6) is 0 Å². The molecule has 0 aliphatic heterocycles. The van der Waals surface area contributed by atoms with E-state index in [9.17, 15) is 14.4 Å². The number of ether oxygens (including phenoxy) is 2. The van der Waals surface area contributed by atoms with Gasteiger partial charge in [0, 0.05) is 19.8 Å². The first-order valence-corrected chi connectivity index (χ1v) is 7.59. The van der Waals surface area contributed by atoms with E-state index in [1.54, 1.807) is 27.0 Å². The molecule has 128 valence electrons. The number of carbonyl (C=O) groups excluding carboxylic acids is 3. The quantitative estimate of drug-likeness (QED) is 0.719. The van der Waals surface area contributed by atoms with E-state index in [0.717, 1.165) is 0 Å². The first-order valence-electron chi connectivity index (χ1n) is 6.37. The summed E-state index contributed by atoms with van der Waals surface area (Å²) in [4.78, 5) is 30.3. The largest absolute Gasteiger partial charge is 0.469 e. The van der Waals surface area contributed by atoms with Crippen LogP contribution in [0.15, 0.2) is 0 Å². The lowest BCUT2D eigenvalue weighted by molar-refractivity contribution is -0.154. The van der Waals surface area contributed by atoms with Crippen molar-refractivity contribution in [1.82, 2.24) is 0 Å². The third-order valence-electron chi connectivity index (χ3n) is 1.51. The summed E-state index contributed by atoms with van der Waals surface area (Å²) in [6.07, 6.45) is 2.69. The van der Waals surface area contributed by atoms with Crippen molar-refractivity contribution < 1.29 is 23.9 Å². The Morgan fingerprint density at radius 3 is 1.38 bits per heavy atom. The van der Waals surface area contributed by atoms with Crippen LogP contribution in [0.2, 0.25) is 0 Å². The Bertz CT molecular complexity index is 276. The maximum absolute atomic E-state index is 10.6. The van der Waals surface area contributed by atoms with Gasteiger partial charge in [0.15, 0.2) is 5.12 Å². The second-order valence-electron chi connectivity index (χ2n) is 4.57.